The van der Waals surface area contributed by atoms with E-state index < -0.39 is 0 Å². The first-order valence-corrected chi connectivity index (χ1v) is 10.8. The molecule has 1 N–H and O–H groups in total. The summed E-state index contributed by atoms with van der Waals surface area (Å²) in [4.78, 5) is 29.3. The highest BCUT2D eigenvalue weighted by atomic mass is 16.2. The second kappa shape index (κ2) is 9.55. The minimum absolute atomic E-state index is 0.0604. The van der Waals surface area contributed by atoms with Crippen molar-refractivity contribution < 1.29 is 9.59 Å². The predicted molar refractivity (Wildman–Crippen MR) is 112 cm³/mol. The zero-order chi connectivity index (χ0) is 20.0. The van der Waals surface area contributed by atoms with Gasteiger partial charge >= 0.3 is 0 Å². The number of benzene rings is 1. The molecule has 0 unspecified atom stereocenters. The van der Waals surface area contributed by atoms with E-state index >= 15 is 0 Å². The molecule has 0 radical (unpaired) electrons. The lowest BCUT2D eigenvalue weighted by molar-refractivity contribution is -0.136. The van der Waals surface area contributed by atoms with Crippen molar-refractivity contribution in [3.05, 3.63) is 35.9 Å². The lowest BCUT2D eigenvalue weighted by atomic mass is 9.89. The molecule has 1 aliphatic carbocycles. The third kappa shape index (κ3) is 5.57. The van der Waals surface area contributed by atoms with E-state index in [0.717, 1.165) is 51.9 Å². The van der Waals surface area contributed by atoms with Crippen molar-refractivity contribution >= 4 is 11.8 Å². The average molecular weight is 386 g/mol. The van der Waals surface area contributed by atoms with Crippen molar-refractivity contribution in [2.24, 2.45) is 5.92 Å². The van der Waals surface area contributed by atoms with E-state index in [-0.39, 0.29) is 23.3 Å². The molecule has 2 aliphatic rings. The molecular weight excluding hydrogens is 350 g/mol. The maximum absolute atomic E-state index is 12.7. The second-order valence-electron chi connectivity index (χ2n) is 8.91. The number of piperazine rings is 1. The van der Waals surface area contributed by atoms with Crippen LogP contribution in [0, 0.1) is 5.92 Å². The van der Waals surface area contributed by atoms with E-state index in [9.17, 15) is 9.59 Å². The molecule has 1 aromatic rings. The summed E-state index contributed by atoms with van der Waals surface area (Å²) < 4.78 is 0. The largest absolute Gasteiger partial charge is 0.355 e. The number of carbonyl (C=O) groups is 2. The zero-order valence-electron chi connectivity index (χ0n) is 17.5. The highest BCUT2D eigenvalue weighted by molar-refractivity contribution is 5.80. The normalized spacial score (nSPS) is 20.7. The van der Waals surface area contributed by atoms with Crippen molar-refractivity contribution in [1.29, 1.82) is 0 Å². The van der Waals surface area contributed by atoms with Gasteiger partial charge in [-0.25, -0.2) is 0 Å². The lowest BCUT2D eigenvalue weighted by Gasteiger charge is -2.47. The Balaban J connectivity index is 1.43. The first-order chi connectivity index (χ1) is 13.5. The number of nitrogens with zero attached hydrogens (tertiary/aromatic N) is 2. The quantitative estimate of drug-likeness (QED) is 0.818. The standard InChI is InChI=1S/C23H35N3O2/c1-23(2)18-25(15-16-26(23)17-19-9-5-3-6-10-19)21(27)13-14-24-22(28)20-11-7-4-8-12-20/h3,5-6,9-10,20H,4,7-8,11-18H2,1-2H3,(H,24,28). The molecule has 3 rings (SSSR count). The fourth-order valence-electron chi connectivity index (χ4n) is 4.46. The highest BCUT2D eigenvalue weighted by Gasteiger charge is 2.35. The molecule has 5 heteroatoms. The fraction of sp³-hybridized carbons (Fsp3) is 0.652. The van der Waals surface area contributed by atoms with Gasteiger partial charge in [0.1, 0.15) is 0 Å². The summed E-state index contributed by atoms with van der Waals surface area (Å²) in [6.07, 6.45) is 5.94. The molecule has 1 saturated heterocycles. The van der Waals surface area contributed by atoms with Gasteiger partial charge in [-0.3, -0.25) is 14.5 Å². The molecule has 2 fully saturated rings. The fourth-order valence-corrected chi connectivity index (χ4v) is 4.46. The van der Waals surface area contributed by atoms with Crippen LogP contribution < -0.4 is 5.32 Å². The van der Waals surface area contributed by atoms with Crippen molar-refractivity contribution in [3.63, 3.8) is 0 Å². The highest BCUT2D eigenvalue weighted by Crippen LogP contribution is 2.25. The Kier molecular flexibility index (Phi) is 7.11. The molecule has 1 aliphatic heterocycles. The summed E-state index contributed by atoms with van der Waals surface area (Å²) in [5.74, 6) is 0.446. The minimum Gasteiger partial charge on any atom is -0.355 e. The molecule has 28 heavy (non-hydrogen) atoms. The number of hydrogen-bond donors (Lipinski definition) is 1. The van der Waals surface area contributed by atoms with Crippen LogP contribution in [0.2, 0.25) is 0 Å². The molecule has 2 amide bonds. The summed E-state index contributed by atoms with van der Waals surface area (Å²) in [5, 5.41) is 2.99. The van der Waals surface area contributed by atoms with E-state index in [0.29, 0.717) is 13.0 Å². The molecule has 1 saturated carbocycles. The van der Waals surface area contributed by atoms with Gasteiger partial charge in [-0.1, -0.05) is 49.6 Å². The van der Waals surface area contributed by atoms with Gasteiger partial charge in [0.15, 0.2) is 0 Å². The van der Waals surface area contributed by atoms with Crippen molar-refractivity contribution in [2.75, 3.05) is 26.2 Å². The molecule has 0 atom stereocenters. The predicted octanol–water partition coefficient (Wildman–Crippen LogP) is 3.20. The van der Waals surface area contributed by atoms with Crippen molar-refractivity contribution in [1.82, 2.24) is 15.1 Å². The van der Waals surface area contributed by atoms with E-state index in [4.69, 9.17) is 0 Å². The van der Waals surface area contributed by atoms with E-state index in [2.05, 4.69) is 48.3 Å². The first-order valence-electron chi connectivity index (χ1n) is 10.8. The molecular formula is C23H35N3O2. The van der Waals surface area contributed by atoms with Gasteiger partial charge in [0.05, 0.1) is 0 Å². The topological polar surface area (TPSA) is 52.7 Å². The van der Waals surface area contributed by atoms with E-state index in [1.807, 2.05) is 11.0 Å². The molecule has 5 nitrogen and oxygen atoms in total. The van der Waals surface area contributed by atoms with Gasteiger partial charge in [0, 0.05) is 50.6 Å². The number of carbonyl (C=O) groups excluding carboxylic acids is 2. The maximum atomic E-state index is 12.7. The second-order valence-corrected chi connectivity index (χ2v) is 8.91. The average Bonchev–Trinajstić information content (AvgIpc) is 2.70. The zero-order valence-corrected chi connectivity index (χ0v) is 17.5. The van der Waals surface area contributed by atoms with E-state index in [1.165, 1.54) is 12.0 Å². The Labute approximate surface area is 169 Å². The van der Waals surface area contributed by atoms with Crippen LogP contribution in [-0.2, 0) is 16.1 Å². The van der Waals surface area contributed by atoms with Crippen LogP contribution in [0.4, 0.5) is 0 Å². The third-order valence-corrected chi connectivity index (χ3v) is 6.26. The van der Waals surface area contributed by atoms with Crippen molar-refractivity contribution in [3.8, 4) is 0 Å². The maximum Gasteiger partial charge on any atom is 0.224 e. The number of amides is 2. The minimum atomic E-state index is -0.0604. The molecule has 0 bridgehead atoms. The summed E-state index contributed by atoms with van der Waals surface area (Å²) in [6, 6.07) is 10.5. The van der Waals surface area contributed by atoms with Crippen LogP contribution in [0.5, 0.6) is 0 Å². The van der Waals surface area contributed by atoms with Crippen LogP contribution in [0.25, 0.3) is 0 Å². The molecule has 1 aromatic carbocycles. The molecule has 154 valence electrons. The number of nitrogens with one attached hydrogen (secondary N) is 1. The summed E-state index contributed by atoms with van der Waals surface area (Å²) in [6.45, 7) is 8.15. The number of rotatable bonds is 6. The molecule has 0 aromatic heterocycles. The van der Waals surface area contributed by atoms with Gasteiger partial charge in [-0.15, -0.1) is 0 Å². The van der Waals surface area contributed by atoms with Gasteiger partial charge < -0.3 is 10.2 Å². The Morgan fingerprint density at radius 2 is 1.79 bits per heavy atom. The van der Waals surface area contributed by atoms with Crippen molar-refractivity contribution in [2.45, 2.75) is 64.5 Å². The smallest absolute Gasteiger partial charge is 0.224 e. The Morgan fingerprint density at radius 1 is 1.07 bits per heavy atom. The molecule has 0 spiro atoms. The monoisotopic (exact) mass is 385 g/mol. The Bertz CT molecular complexity index is 653. The summed E-state index contributed by atoms with van der Waals surface area (Å²) >= 11 is 0. The van der Waals surface area contributed by atoms with Gasteiger partial charge in [-0.2, -0.15) is 0 Å². The van der Waals surface area contributed by atoms with Gasteiger partial charge in [0.2, 0.25) is 11.8 Å². The molecule has 1 heterocycles. The van der Waals surface area contributed by atoms with Crippen LogP contribution in [-0.4, -0.2) is 53.3 Å². The van der Waals surface area contributed by atoms with E-state index in [1.54, 1.807) is 0 Å². The SMILES string of the molecule is CC1(C)CN(C(=O)CCNC(=O)C2CCCCC2)CCN1Cc1ccccc1. The summed E-state index contributed by atoms with van der Waals surface area (Å²) in [5.41, 5.74) is 1.25. The summed E-state index contributed by atoms with van der Waals surface area (Å²) in [7, 11) is 0. The van der Waals surface area contributed by atoms with Crippen LogP contribution in [0.15, 0.2) is 30.3 Å². The first kappa shape index (κ1) is 20.8. The van der Waals surface area contributed by atoms with Gasteiger partial charge in [0.25, 0.3) is 0 Å². The Morgan fingerprint density at radius 3 is 2.46 bits per heavy atom. The lowest BCUT2D eigenvalue weighted by Crippen LogP contribution is -2.60. The van der Waals surface area contributed by atoms with Crippen LogP contribution in [0.1, 0.15) is 57.9 Å². The third-order valence-electron chi connectivity index (χ3n) is 6.26. The van der Waals surface area contributed by atoms with Crippen LogP contribution >= 0.6 is 0 Å². The van der Waals surface area contributed by atoms with Crippen LogP contribution in [0.3, 0.4) is 0 Å². The number of hydrogen-bond acceptors (Lipinski definition) is 3. The Hall–Kier alpha value is -1.88. The van der Waals surface area contributed by atoms with Gasteiger partial charge in [-0.05, 0) is 32.3 Å².